The van der Waals surface area contributed by atoms with Gasteiger partial charge >= 0.3 is 0 Å². The van der Waals surface area contributed by atoms with Crippen molar-refractivity contribution in [3.63, 3.8) is 0 Å². The molecule has 2 N–H and O–H groups in total. The monoisotopic (exact) mass is 200 g/mol. The zero-order chi connectivity index (χ0) is 3.41. The van der Waals surface area contributed by atoms with E-state index in [4.69, 9.17) is 5.73 Å². The first-order chi connectivity index (χ1) is 1.91. The molecule has 0 atom stereocenters. The van der Waals surface area contributed by atoms with E-state index in [2.05, 4.69) is 6.58 Å². The predicted molar refractivity (Wildman–Crippen MR) is 26.5 cm³/mol. The van der Waals surface area contributed by atoms with Crippen LogP contribution in [-0.4, -0.2) is 6.54 Å². The molecule has 0 saturated heterocycles. The summed E-state index contributed by atoms with van der Waals surface area (Å²) in [5.74, 6) is 0. The third kappa shape index (κ3) is 22.0. The summed E-state index contributed by atoms with van der Waals surface area (Å²) in [5, 5.41) is 0. The molecule has 0 saturated carbocycles. The first-order valence-corrected chi connectivity index (χ1v) is 1.22. The van der Waals surface area contributed by atoms with Gasteiger partial charge in [0.2, 0.25) is 0 Å². The van der Waals surface area contributed by atoms with Crippen molar-refractivity contribution in [3.8, 4) is 0 Å². The minimum Gasteiger partial charge on any atom is -0.327 e. The molecular formula is C3H8AgClN. The van der Waals surface area contributed by atoms with Gasteiger partial charge in [-0.15, -0.1) is 19.0 Å². The van der Waals surface area contributed by atoms with Crippen LogP contribution in [0.15, 0.2) is 12.7 Å². The third-order valence-corrected chi connectivity index (χ3v) is 0.167. The van der Waals surface area contributed by atoms with Crippen LogP contribution in [0.4, 0.5) is 0 Å². The van der Waals surface area contributed by atoms with Gasteiger partial charge in [-0.25, -0.2) is 0 Å². The summed E-state index contributed by atoms with van der Waals surface area (Å²) >= 11 is 0. The molecule has 1 nitrogen and oxygen atoms in total. The first kappa shape index (κ1) is 15.9. The van der Waals surface area contributed by atoms with Crippen molar-refractivity contribution >= 4 is 12.4 Å². The Labute approximate surface area is 59.9 Å². The Morgan fingerprint density at radius 2 is 1.83 bits per heavy atom. The van der Waals surface area contributed by atoms with Crippen molar-refractivity contribution in [2.75, 3.05) is 6.54 Å². The van der Waals surface area contributed by atoms with Crippen LogP contribution >= 0.6 is 12.4 Å². The van der Waals surface area contributed by atoms with Gasteiger partial charge in [0, 0.05) is 28.9 Å². The summed E-state index contributed by atoms with van der Waals surface area (Å²) in [5.41, 5.74) is 4.91. The average Bonchev–Trinajstić information content (AvgIpc) is 1.37. The van der Waals surface area contributed by atoms with E-state index in [1.165, 1.54) is 0 Å². The molecule has 0 amide bonds. The van der Waals surface area contributed by atoms with Gasteiger partial charge < -0.3 is 5.73 Å². The van der Waals surface area contributed by atoms with E-state index in [0.29, 0.717) is 6.54 Å². The van der Waals surface area contributed by atoms with E-state index < -0.39 is 0 Å². The second-order valence-electron chi connectivity index (χ2n) is 0.524. The normalized spacial score (nSPS) is 4.17. The zero-order valence-corrected chi connectivity index (χ0v) is 5.58. The van der Waals surface area contributed by atoms with Gasteiger partial charge in [-0.05, 0) is 0 Å². The minimum absolute atomic E-state index is 0. The Morgan fingerprint density at radius 3 is 1.83 bits per heavy atom. The van der Waals surface area contributed by atoms with E-state index in [-0.39, 0.29) is 34.8 Å². The maximum absolute atomic E-state index is 4.91. The van der Waals surface area contributed by atoms with Crippen molar-refractivity contribution in [1.82, 2.24) is 0 Å². The molecule has 0 aliphatic carbocycles. The molecule has 3 heteroatoms. The molecule has 0 unspecified atom stereocenters. The van der Waals surface area contributed by atoms with Crippen molar-refractivity contribution in [2.24, 2.45) is 5.73 Å². The molecule has 0 rings (SSSR count). The van der Waals surface area contributed by atoms with Crippen LogP contribution in [0, 0.1) is 0 Å². The Kier molecular flexibility index (Phi) is 45.5. The number of rotatable bonds is 1. The van der Waals surface area contributed by atoms with Crippen LogP contribution in [0.25, 0.3) is 0 Å². The first-order valence-electron chi connectivity index (χ1n) is 1.22. The fourth-order valence-corrected chi connectivity index (χ4v) is 0. The molecule has 0 aliphatic heterocycles. The van der Waals surface area contributed by atoms with Gasteiger partial charge in [0.05, 0.1) is 0 Å². The van der Waals surface area contributed by atoms with Gasteiger partial charge in [0.25, 0.3) is 0 Å². The summed E-state index contributed by atoms with van der Waals surface area (Å²) < 4.78 is 0. The van der Waals surface area contributed by atoms with Gasteiger partial charge in [-0.3, -0.25) is 0 Å². The van der Waals surface area contributed by atoms with Crippen molar-refractivity contribution < 1.29 is 22.4 Å². The van der Waals surface area contributed by atoms with Crippen molar-refractivity contribution in [1.29, 1.82) is 0 Å². The summed E-state index contributed by atoms with van der Waals surface area (Å²) in [6.45, 7) is 3.94. The summed E-state index contributed by atoms with van der Waals surface area (Å²) in [4.78, 5) is 0. The number of nitrogens with two attached hydrogens (primary N) is 1. The van der Waals surface area contributed by atoms with E-state index in [0.717, 1.165) is 0 Å². The smallest absolute Gasteiger partial charge is 0.0104 e. The fourth-order valence-electron chi connectivity index (χ4n) is 0. The average molecular weight is 201 g/mol. The Morgan fingerprint density at radius 1 is 1.67 bits per heavy atom. The van der Waals surface area contributed by atoms with Gasteiger partial charge in [-0.1, -0.05) is 6.08 Å². The maximum atomic E-state index is 4.91. The Hall–Kier alpha value is 0.730. The molecule has 0 fully saturated rings. The molecule has 0 aromatic carbocycles. The van der Waals surface area contributed by atoms with Gasteiger partial charge in [0.15, 0.2) is 0 Å². The van der Waals surface area contributed by atoms with Crippen LogP contribution in [0.5, 0.6) is 0 Å². The van der Waals surface area contributed by atoms with Crippen LogP contribution < -0.4 is 5.73 Å². The molecule has 0 aliphatic rings. The van der Waals surface area contributed by atoms with E-state index >= 15 is 0 Å². The van der Waals surface area contributed by atoms with Crippen LogP contribution in [0.3, 0.4) is 0 Å². The number of halogens is 1. The Balaban J connectivity index is -0.0000000450. The Bertz CT molecular complexity index is 24.8. The van der Waals surface area contributed by atoms with Crippen LogP contribution in [0.2, 0.25) is 0 Å². The molecule has 1 radical (unpaired) electrons. The predicted octanol–water partition coefficient (Wildman–Crippen LogP) is 0.550. The molecule has 0 spiro atoms. The molecule has 0 aromatic rings. The summed E-state index contributed by atoms with van der Waals surface area (Å²) in [6.07, 6.45) is 1.65. The molecule has 6 heavy (non-hydrogen) atoms. The molecule has 0 bridgehead atoms. The van der Waals surface area contributed by atoms with Crippen LogP contribution in [0.1, 0.15) is 0 Å². The van der Waals surface area contributed by atoms with Crippen LogP contribution in [-0.2, 0) is 22.4 Å². The summed E-state index contributed by atoms with van der Waals surface area (Å²) in [7, 11) is 0. The number of hydrogen-bond acceptors (Lipinski definition) is 1. The molecular weight excluding hydrogens is 193 g/mol. The van der Waals surface area contributed by atoms with E-state index in [9.17, 15) is 0 Å². The quantitative estimate of drug-likeness (QED) is 0.487. The van der Waals surface area contributed by atoms with E-state index in [1.807, 2.05) is 0 Å². The zero-order valence-electron chi connectivity index (χ0n) is 3.28. The SMILES string of the molecule is C=CCN.Cl.[Ag]. The molecule has 0 heterocycles. The van der Waals surface area contributed by atoms with Gasteiger partial charge in [0.1, 0.15) is 0 Å². The number of hydrogen-bond donors (Lipinski definition) is 1. The largest absolute Gasteiger partial charge is 0.327 e. The molecule has 0 aromatic heterocycles. The second-order valence-corrected chi connectivity index (χ2v) is 0.524. The van der Waals surface area contributed by atoms with Crippen molar-refractivity contribution in [3.05, 3.63) is 12.7 Å². The topological polar surface area (TPSA) is 26.0 Å². The van der Waals surface area contributed by atoms with Gasteiger partial charge in [-0.2, -0.15) is 0 Å². The fraction of sp³-hybridized carbons (Fsp3) is 0.333. The molecule has 43 valence electrons. The second kappa shape index (κ2) is 17.2. The standard InChI is InChI=1S/C3H7N.Ag.ClH/c1-2-3-4;;/h2H,1,3-4H2;;1H. The maximum Gasteiger partial charge on any atom is 0.0104 e. The minimum atomic E-state index is 0. The summed E-state index contributed by atoms with van der Waals surface area (Å²) in [6, 6.07) is 0. The van der Waals surface area contributed by atoms with E-state index in [1.54, 1.807) is 6.08 Å². The third-order valence-electron chi connectivity index (χ3n) is 0.167. The van der Waals surface area contributed by atoms with Crippen molar-refractivity contribution in [2.45, 2.75) is 0 Å².